The number of methoxy groups -OCH3 is 1. The van der Waals surface area contributed by atoms with E-state index in [1.165, 1.54) is 13.2 Å². The van der Waals surface area contributed by atoms with Gasteiger partial charge in [-0.2, -0.15) is 9.37 Å². The summed E-state index contributed by atoms with van der Waals surface area (Å²) >= 11 is 0. The molecule has 0 saturated heterocycles. The molecule has 7 nitrogen and oxygen atoms in total. The highest BCUT2D eigenvalue weighted by molar-refractivity contribution is 5.53. The van der Waals surface area contributed by atoms with Crippen LogP contribution < -0.4 is 9.64 Å². The van der Waals surface area contributed by atoms with E-state index in [2.05, 4.69) is 29.8 Å². The van der Waals surface area contributed by atoms with E-state index in [0.29, 0.717) is 24.6 Å². The largest absolute Gasteiger partial charge is 0.481 e. The van der Waals surface area contributed by atoms with Crippen molar-refractivity contribution in [2.45, 2.75) is 19.4 Å². The minimum absolute atomic E-state index is 0.00371. The molecule has 0 bridgehead atoms. The average molecular weight is 352 g/mol. The Labute approximate surface area is 150 Å². The summed E-state index contributed by atoms with van der Waals surface area (Å²) in [6.07, 6.45) is 5.86. The Balaban J connectivity index is 1.67. The molecule has 1 aliphatic heterocycles. The molecule has 1 aliphatic rings. The number of hydrogen-bond donors (Lipinski definition) is 0. The van der Waals surface area contributed by atoms with Gasteiger partial charge in [0.2, 0.25) is 11.8 Å². The predicted molar refractivity (Wildman–Crippen MR) is 93.3 cm³/mol. The van der Waals surface area contributed by atoms with E-state index in [9.17, 15) is 4.39 Å². The molecule has 4 heterocycles. The maximum absolute atomic E-state index is 13.8. The van der Waals surface area contributed by atoms with Crippen LogP contribution in [0.2, 0.25) is 0 Å². The summed E-state index contributed by atoms with van der Waals surface area (Å²) in [7, 11) is 1.47. The van der Waals surface area contributed by atoms with Crippen LogP contribution in [0.15, 0.2) is 36.8 Å². The number of anilines is 1. The fourth-order valence-corrected chi connectivity index (χ4v) is 3.17. The lowest BCUT2D eigenvalue weighted by molar-refractivity contribution is 0.387. The molecule has 0 spiro atoms. The molecule has 26 heavy (non-hydrogen) atoms. The Bertz CT molecular complexity index is 936. The predicted octanol–water partition coefficient (Wildman–Crippen LogP) is 2.60. The molecule has 0 saturated carbocycles. The zero-order valence-corrected chi connectivity index (χ0v) is 14.4. The first-order chi connectivity index (χ1) is 12.7. The summed E-state index contributed by atoms with van der Waals surface area (Å²) < 4.78 is 18.9. The molecule has 4 rings (SSSR count). The van der Waals surface area contributed by atoms with E-state index < -0.39 is 5.95 Å². The van der Waals surface area contributed by atoms with Crippen LogP contribution in [-0.2, 0) is 6.42 Å². The van der Waals surface area contributed by atoms with E-state index in [4.69, 9.17) is 4.74 Å². The molecule has 0 radical (unpaired) electrons. The lowest BCUT2D eigenvalue weighted by atomic mass is 9.99. The van der Waals surface area contributed by atoms with Gasteiger partial charge in [-0.15, -0.1) is 0 Å². The molecule has 0 aromatic carbocycles. The van der Waals surface area contributed by atoms with Crippen LogP contribution >= 0.6 is 0 Å². The van der Waals surface area contributed by atoms with Crippen LogP contribution in [0.1, 0.15) is 24.2 Å². The van der Waals surface area contributed by atoms with Gasteiger partial charge in [0.25, 0.3) is 0 Å². The van der Waals surface area contributed by atoms with Crippen molar-refractivity contribution in [3.8, 4) is 17.5 Å². The molecule has 0 N–H and O–H groups in total. The van der Waals surface area contributed by atoms with Gasteiger partial charge in [0, 0.05) is 54.9 Å². The Morgan fingerprint density at radius 1 is 1.12 bits per heavy atom. The molecule has 132 valence electrons. The molecular formula is C18H17FN6O. The second-order valence-corrected chi connectivity index (χ2v) is 5.98. The molecule has 1 atom stereocenters. The summed E-state index contributed by atoms with van der Waals surface area (Å²) in [5.41, 5.74) is 2.70. The summed E-state index contributed by atoms with van der Waals surface area (Å²) in [6, 6.07) is 4.90. The second kappa shape index (κ2) is 6.62. The smallest absolute Gasteiger partial charge is 0.218 e. The number of aromatic nitrogens is 5. The Morgan fingerprint density at radius 2 is 1.92 bits per heavy atom. The Morgan fingerprint density at radius 3 is 2.69 bits per heavy atom. The molecule has 3 aromatic rings. The van der Waals surface area contributed by atoms with Gasteiger partial charge in [0.05, 0.1) is 18.8 Å². The molecule has 0 fully saturated rings. The fraction of sp³-hybridized carbons (Fsp3) is 0.278. The molecule has 0 aliphatic carbocycles. The summed E-state index contributed by atoms with van der Waals surface area (Å²) in [4.78, 5) is 23.3. The first-order valence-electron chi connectivity index (χ1n) is 8.27. The number of fused-ring (bicyclic) bond motifs is 1. The van der Waals surface area contributed by atoms with Crippen LogP contribution in [0.5, 0.6) is 5.88 Å². The van der Waals surface area contributed by atoms with Gasteiger partial charge >= 0.3 is 0 Å². The minimum Gasteiger partial charge on any atom is -0.481 e. The number of nitrogens with zero attached hydrogens (tertiary/aromatic N) is 6. The monoisotopic (exact) mass is 352 g/mol. The van der Waals surface area contributed by atoms with Gasteiger partial charge in [-0.1, -0.05) is 0 Å². The van der Waals surface area contributed by atoms with Crippen molar-refractivity contribution < 1.29 is 9.13 Å². The van der Waals surface area contributed by atoms with Crippen LogP contribution in [0, 0.1) is 5.95 Å². The van der Waals surface area contributed by atoms with E-state index in [0.717, 1.165) is 16.9 Å². The first-order valence-corrected chi connectivity index (χ1v) is 8.27. The normalized spacial score (nSPS) is 16.3. The van der Waals surface area contributed by atoms with Crippen LogP contribution in [0.25, 0.3) is 11.6 Å². The van der Waals surface area contributed by atoms with Gasteiger partial charge in [0.15, 0.2) is 11.6 Å². The van der Waals surface area contributed by atoms with Crippen molar-refractivity contribution in [2.75, 3.05) is 18.6 Å². The number of rotatable bonds is 3. The van der Waals surface area contributed by atoms with Crippen molar-refractivity contribution in [3.05, 3.63) is 54.0 Å². The highest BCUT2D eigenvalue weighted by atomic mass is 19.1. The Kier molecular flexibility index (Phi) is 4.16. The number of hydrogen-bond acceptors (Lipinski definition) is 7. The van der Waals surface area contributed by atoms with Crippen LogP contribution in [0.3, 0.4) is 0 Å². The topological polar surface area (TPSA) is 76.9 Å². The standard InChI is InChI=1S/C18H17FN6O/c1-11-13-10-22-18(17-20-5-3-6-21-17)23-14(13)4-7-25(11)12-8-15(19)24-16(9-12)26-2/h3,5-6,8-11H,4,7H2,1-2H3. The lowest BCUT2D eigenvalue weighted by Crippen LogP contribution is -2.35. The molecule has 3 aromatic heterocycles. The quantitative estimate of drug-likeness (QED) is 0.671. The van der Waals surface area contributed by atoms with E-state index in [1.807, 2.05) is 6.92 Å². The molecule has 1 unspecified atom stereocenters. The summed E-state index contributed by atoms with van der Waals surface area (Å²) in [6.45, 7) is 2.75. The van der Waals surface area contributed by atoms with Gasteiger partial charge < -0.3 is 9.64 Å². The van der Waals surface area contributed by atoms with E-state index in [-0.39, 0.29) is 11.9 Å². The second-order valence-electron chi connectivity index (χ2n) is 5.98. The Hall–Kier alpha value is -3.16. The maximum Gasteiger partial charge on any atom is 0.218 e. The molecular weight excluding hydrogens is 335 g/mol. The van der Waals surface area contributed by atoms with Gasteiger partial charge in [-0.25, -0.2) is 19.9 Å². The van der Waals surface area contributed by atoms with Gasteiger partial charge in [-0.3, -0.25) is 0 Å². The van der Waals surface area contributed by atoms with Crippen molar-refractivity contribution in [1.82, 2.24) is 24.9 Å². The average Bonchev–Trinajstić information content (AvgIpc) is 2.68. The summed E-state index contributed by atoms with van der Waals surface area (Å²) in [5.74, 6) is 0.712. The number of pyridine rings is 1. The number of halogens is 1. The first kappa shape index (κ1) is 16.3. The van der Waals surface area contributed by atoms with Gasteiger partial charge in [-0.05, 0) is 13.0 Å². The van der Waals surface area contributed by atoms with Crippen LogP contribution in [-0.4, -0.2) is 38.6 Å². The maximum atomic E-state index is 13.8. The fourth-order valence-electron chi connectivity index (χ4n) is 3.17. The molecule has 0 amide bonds. The zero-order valence-electron chi connectivity index (χ0n) is 14.4. The SMILES string of the molecule is COc1cc(N2CCc3nc(-c4ncccn4)ncc3C2C)cc(F)n1. The molecule has 8 heteroatoms. The third-order valence-electron chi connectivity index (χ3n) is 4.47. The zero-order chi connectivity index (χ0) is 18.1. The van der Waals surface area contributed by atoms with E-state index >= 15 is 0 Å². The highest BCUT2D eigenvalue weighted by Crippen LogP contribution is 2.34. The third kappa shape index (κ3) is 2.94. The third-order valence-corrected chi connectivity index (χ3v) is 4.47. The number of ether oxygens (including phenoxy) is 1. The minimum atomic E-state index is -0.565. The van der Waals surface area contributed by atoms with Gasteiger partial charge in [0.1, 0.15) is 0 Å². The summed E-state index contributed by atoms with van der Waals surface area (Å²) in [5, 5.41) is 0. The van der Waals surface area contributed by atoms with Crippen LogP contribution in [0.4, 0.5) is 10.1 Å². The lowest BCUT2D eigenvalue weighted by Gasteiger charge is -2.36. The van der Waals surface area contributed by atoms with Crippen molar-refractivity contribution in [2.24, 2.45) is 0 Å². The van der Waals surface area contributed by atoms with E-state index in [1.54, 1.807) is 30.7 Å². The highest BCUT2D eigenvalue weighted by Gasteiger charge is 2.27. The van der Waals surface area contributed by atoms with Crippen molar-refractivity contribution in [3.63, 3.8) is 0 Å². The van der Waals surface area contributed by atoms with Crippen molar-refractivity contribution in [1.29, 1.82) is 0 Å². The van der Waals surface area contributed by atoms with Crippen molar-refractivity contribution >= 4 is 5.69 Å².